The largest absolute Gasteiger partial charge is 0.328 e. The molecule has 3 aromatic rings. The smallest absolute Gasteiger partial charge is 0.321 e. The number of benzene rings is 2. The van der Waals surface area contributed by atoms with E-state index in [0.29, 0.717) is 21.2 Å². The molecule has 144 valence electrons. The summed E-state index contributed by atoms with van der Waals surface area (Å²) in [4.78, 5) is 45.0. The van der Waals surface area contributed by atoms with Crippen LogP contribution >= 0.6 is 15.9 Å². The van der Waals surface area contributed by atoms with Crippen molar-refractivity contribution in [2.24, 2.45) is 14.1 Å². The first-order chi connectivity index (χ1) is 13.1. The van der Waals surface area contributed by atoms with Crippen molar-refractivity contribution < 1.29 is 14.6 Å². The minimum absolute atomic E-state index is 0.241. The highest BCUT2D eigenvalue weighted by Gasteiger charge is 2.21. The molecular weight excluding hydrogens is 438 g/mol. The van der Waals surface area contributed by atoms with Crippen LogP contribution in [0.25, 0.3) is 11.0 Å². The van der Waals surface area contributed by atoms with Gasteiger partial charge in [0.25, 0.3) is 17.3 Å². The second kappa shape index (κ2) is 6.88. The summed E-state index contributed by atoms with van der Waals surface area (Å²) >= 11 is 3.31. The number of carbonyl (C=O) groups excluding carboxylic acids is 1. The number of non-ortho nitro benzene ring substituents is 2. The van der Waals surface area contributed by atoms with E-state index >= 15 is 0 Å². The van der Waals surface area contributed by atoms with Gasteiger partial charge in [0.15, 0.2) is 0 Å². The van der Waals surface area contributed by atoms with Gasteiger partial charge in [-0.2, -0.15) is 0 Å². The molecule has 0 saturated heterocycles. The van der Waals surface area contributed by atoms with Crippen molar-refractivity contribution in [3.8, 4) is 0 Å². The van der Waals surface area contributed by atoms with Crippen LogP contribution in [0.2, 0.25) is 0 Å². The van der Waals surface area contributed by atoms with Crippen molar-refractivity contribution in [3.63, 3.8) is 0 Å². The molecule has 0 atom stereocenters. The Morgan fingerprint density at radius 3 is 1.96 bits per heavy atom. The van der Waals surface area contributed by atoms with Crippen molar-refractivity contribution in [2.75, 3.05) is 5.32 Å². The Bertz CT molecular complexity index is 1200. The van der Waals surface area contributed by atoms with E-state index in [1.807, 2.05) is 0 Å². The minimum Gasteiger partial charge on any atom is -0.321 e. The van der Waals surface area contributed by atoms with Gasteiger partial charge >= 0.3 is 5.69 Å². The van der Waals surface area contributed by atoms with Gasteiger partial charge in [0.2, 0.25) is 0 Å². The Kier molecular flexibility index (Phi) is 4.73. The molecule has 1 aromatic heterocycles. The first-order valence-corrected chi connectivity index (χ1v) is 8.49. The van der Waals surface area contributed by atoms with E-state index in [9.17, 15) is 29.8 Å². The topological polar surface area (TPSA) is 142 Å². The first kappa shape index (κ1) is 19.2. The van der Waals surface area contributed by atoms with Crippen LogP contribution in [0.3, 0.4) is 0 Å². The van der Waals surface area contributed by atoms with Gasteiger partial charge < -0.3 is 5.32 Å². The fraction of sp³-hybridized carbons (Fsp3) is 0.125. The number of nitro benzene ring substituents is 2. The van der Waals surface area contributed by atoms with E-state index in [4.69, 9.17) is 0 Å². The van der Waals surface area contributed by atoms with E-state index in [1.54, 1.807) is 26.2 Å². The third-order valence-corrected chi connectivity index (χ3v) is 4.85. The zero-order valence-corrected chi connectivity index (χ0v) is 16.1. The molecule has 0 radical (unpaired) electrons. The van der Waals surface area contributed by atoms with Gasteiger partial charge in [0.1, 0.15) is 0 Å². The number of imidazole rings is 1. The fourth-order valence-electron chi connectivity index (χ4n) is 2.75. The zero-order valence-electron chi connectivity index (χ0n) is 14.5. The summed E-state index contributed by atoms with van der Waals surface area (Å²) in [5, 5.41) is 24.5. The molecule has 12 heteroatoms. The number of carbonyl (C=O) groups is 1. The molecule has 0 saturated carbocycles. The molecule has 1 N–H and O–H groups in total. The molecule has 0 bridgehead atoms. The average molecular weight is 450 g/mol. The molecule has 0 unspecified atom stereocenters. The molecule has 0 aliphatic heterocycles. The maximum Gasteiger partial charge on any atom is 0.328 e. The lowest BCUT2D eigenvalue weighted by atomic mass is 10.1. The van der Waals surface area contributed by atoms with Gasteiger partial charge in [-0.25, -0.2) is 4.79 Å². The van der Waals surface area contributed by atoms with Gasteiger partial charge in [0.05, 0.1) is 38.2 Å². The SMILES string of the molecule is Cn1c(=O)n(C)c2cc(NC(=O)c3cc([N+](=O)[O-])cc([N+](=O)[O-])c3)c(Br)cc21. The van der Waals surface area contributed by atoms with Crippen LogP contribution in [-0.4, -0.2) is 24.9 Å². The van der Waals surface area contributed by atoms with Crippen LogP contribution in [0.5, 0.6) is 0 Å². The Balaban J connectivity index is 2.05. The highest BCUT2D eigenvalue weighted by molar-refractivity contribution is 9.10. The lowest BCUT2D eigenvalue weighted by molar-refractivity contribution is -0.394. The van der Waals surface area contributed by atoms with Crippen LogP contribution in [0.15, 0.2) is 39.6 Å². The maximum absolute atomic E-state index is 12.6. The third kappa shape index (κ3) is 3.24. The molecule has 0 spiro atoms. The van der Waals surface area contributed by atoms with E-state index in [2.05, 4.69) is 21.2 Å². The number of halogens is 1. The van der Waals surface area contributed by atoms with Crippen LogP contribution in [0.1, 0.15) is 10.4 Å². The number of amides is 1. The van der Waals surface area contributed by atoms with Crippen molar-refractivity contribution in [1.82, 2.24) is 9.13 Å². The molecule has 28 heavy (non-hydrogen) atoms. The molecule has 0 aliphatic rings. The van der Waals surface area contributed by atoms with Gasteiger partial charge in [-0.05, 0) is 28.1 Å². The summed E-state index contributed by atoms with van der Waals surface area (Å²) in [7, 11) is 3.19. The van der Waals surface area contributed by atoms with Crippen LogP contribution < -0.4 is 11.0 Å². The summed E-state index contributed by atoms with van der Waals surface area (Å²) in [6.45, 7) is 0. The van der Waals surface area contributed by atoms with E-state index in [0.717, 1.165) is 18.2 Å². The van der Waals surface area contributed by atoms with Gasteiger partial charge in [-0.15, -0.1) is 0 Å². The van der Waals surface area contributed by atoms with Gasteiger partial charge in [-0.3, -0.25) is 34.2 Å². The van der Waals surface area contributed by atoms with Gasteiger partial charge in [-0.1, -0.05) is 0 Å². The number of hydrogen-bond acceptors (Lipinski definition) is 6. The summed E-state index contributed by atoms with van der Waals surface area (Å²) in [5.41, 5.74) is -0.152. The molecule has 3 rings (SSSR count). The number of nitrogens with one attached hydrogen (secondary N) is 1. The Labute approximate surface area is 164 Å². The molecule has 0 aliphatic carbocycles. The normalized spacial score (nSPS) is 10.8. The van der Waals surface area contributed by atoms with Crippen LogP contribution in [0, 0.1) is 20.2 Å². The molecule has 1 amide bonds. The molecule has 2 aromatic carbocycles. The number of aryl methyl sites for hydroxylation is 2. The quantitative estimate of drug-likeness (QED) is 0.479. The van der Waals surface area contributed by atoms with Gasteiger partial charge in [0, 0.05) is 30.7 Å². The summed E-state index contributed by atoms with van der Waals surface area (Å²) in [6.07, 6.45) is 0. The average Bonchev–Trinajstić information content (AvgIpc) is 2.85. The summed E-state index contributed by atoms with van der Waals surface area (Å²) < 4.78 is 3.31. The van der Waals surface area contributed by atoms with E-state index in [-0.39, 0.29) is 11.3 Å². The van der Waals surface area contributed by atoms with E-state index in [1.165, 1.54) is 9.13 Å². The Hall–Kier alpha value is -3.54. The maximum atomic E-state index is 12.6. The molecular formula is C16H12BrN5O6. The minimum atomic E-state index is -0.814. The number of aromatic nitrogens is 2. The second-order valence-corrected chi connectivity index (χ2v) is 6.78. The Morgan fingerprint density at radius 2 is 1.46 bits per heavy atom. The first-order valence-electron chi connectivity index (χ1n) is 7.70. The number of nitro groups is 2. The zero-order chi connectivity index (χ0) is 20.7. The van der Waals surface area contributed by atoms with Crippen molar-refractivity contribution in [3.05, 3.63) is 71.1 Å². The monoisotopic (exact) mass is 449 g/mol. The number of rotatable bonds is 4. The number of anilines is 1. The highest BCUT2D eigenvalue weighted by atomic mass is 79.9. The standard InChI is InChI=1S/C16H12BrN5O6/c1-19-13-6-11(17)12(7-14(13)20(2)16(19)24)18-15(23)8-3-9(21(25)26)5-10(4-8)22(27)28/h3-7H,1-2H3,(H,18,23). The van der Waals surface area contributed by atoms with Crippen molar-refractivity contribution in [2.45, 2.75) is 0 Å². The summed E-state index contributed by atoms with van der Waals surface area (Å²) in [6, 6.07) is 5.88. The molecule has 0 fully saturated rings. The highest BCUT2D eigenvalue weighted by Crippen LogP contribution is 2.29. The molecule has 1 heterocycles. The van der Waals surface area contributed by atoms with Crippen molar-refractivity contribution >= 4 is 49.9 Å². The number of nitrogens with zero attached hydrogens (tertiary/aromatic N) is 4. The predicted octanol–water partition coefficient (Wildman–Crippen LogP) is 2.71. The second-order valence-electron chi connectivity index (χ2n) is 5.93. The number of hydrogen-bond donors (Lipinski definition) is 1. The number of fused-ring (bicyclic) bond motifs is 1. The van der Waals surface area contributed by atoms with E-state index < -0.39 is 27.1 Å². The Morgan fingerprint density at radius 1 is 0.964 bits per heavy atom. The molecule has 11 nitrogen and oxygen atoms in total. The predicted molar refractivity (Wildman–Crippen MR) is 104 cm³/mol. The lowest BCUT2D eigenvalue weighted by Gasteiger charge is -2.09. The fourth-order valence-corrected chi connectivity index (χ4v) is 3.18. The van der Waals surface area contributed by atoms with Crippen LogP contribution in [0.4, 0.5) is 17.1 Å². The third-order valence-electron chi connectivity index (χ3n) is 4.20. The summed E-state index contributed by atoms with van der Waals surface area (Å²) in [5.74, 6) is -0.771. The van der Waals surface area contributed by atoms with Crippen molar-refractivity contribution in [1.29, 1.82) is 0 Å². The van der Waals surface area contributed by atoms with Crippen LogP contribution in [-0.2, 0) is 14.1 Å². The lowest BCUT2D eigenvalue weighted by Crippen LogP contribution is -2.19.